The van der Waals surface area contributed by atoms with Crippen molar-refractivity contribution in [1.29, 1.82) is 0 Å². The van der Waals surface area contributed by atoms with Gasteiger partial charge in [0.1, 0.15) is 23.8 Å². The molecule has 2 saturated carbocycles. The lowest BCUT2D eigenvalue weighted by Gasteiger charge is -2.31. The van der Waals surface area contributed by atoms with Gasteiger partial charge in [-0.1, -0.05) is 64.2 Å². The van der Waals surface area contributed by atoms with Gasteiger partial charge < -0.3 is 14.4 Å². The van der Waals surface area contributed by atoms with Crippen molar-refractivity contribution in [2.45, 2.75) is 55.1 Å². The third kappa shape index (κ3) is 6.50. The molecule has 5 nitrogen and oxygen atoms in total. The van der Waals surface area contributed by atoms with Crippen molar-refractivity contribution in [3.05, 3.63) is 98.7 Å². The zero-order valence-corrected chi connectivity index (χ0v) is 23.5. The summed E-state index contributed by atoms with van der Waals surface area (Å²) in [5, 5.41) is 20.6. The Bertz CT molecular complexity index is 1380. The van der Waals surface area contributed by atoms with Gasteiger partial charge in [-0.05, 0) is 91.6 Å². The summed E-state index contributed by atoms with van der Waals surface area (Å²) in [4.78, 5) is 1.10. The van der Waals surface area contributed by atoms with E-state index in [1.165, 1.54) is 17.5 Å². The summed E-state index contributed by atoms with van der Waals surface area (Å²) in [5.41, 5.74) is 3.50. The monoisotopic (exact) mass is 588 g/mol. The Morgan fingerprint density at radius 1 is 0.947 bits per heavy atom. The highest BCUT2D eigenvalue weighted by Gasteiger charge is 2.33. The molecule has 0 unspecified atom stereocenters. The predicted molar refractivity (Wildman–Crippen MR) is 154 cm³/mol. The first-order valence-electron chi connectivity index (χ1n) is 12.4. The van der Waals surface area contributed by atoms with Crippen LogP contribution in [0.2, 0.25) is 15.1 Å². The molecule has 0 saturated heterocycles. The van der Waals surface area contributed by atoms with Gasteiger partial charge in [-0.25, -0.2) is 0 Å². The van der Waals surface area contributed by atoms with Gasteiger partial charge >= 0.3 is 0 Å². The Morgan fingerprint density at radius 3 is 2.32 bits per heavy atom. The van der Waals surface area contributed by atoms with Crippen LogP contribution in [0.5, 0.6) is 5.75 Å². The number of rotatable bonds is 7. The van der Waals surface area contributed by atoms with Gasteiger partial charge in [0.15, 0.2) is 0 Å². The molecule has 0 amide bonds. The molecule has 198 valence electrons. The van der Waals surface area contributed by atoms with Gasteiger partial charge in [-0.2, -0.15) is 0 Å². The fraction of sp³-hybridized carbons (Fsp3) is 0.276. The van der Waals surface area contributed by atoms with E-state index in [0.717, 1.165) is 41.9 Å². The zero-order valence-electron chi connectivity index (χ0n) is 20.4. The first-order chi connectivity index (χ1) is 18.4. The highest BCUT2D eigenvalue weighted by Crippen LogP contribution is 2.46. The van der Waals surface area contributed by atoms with Crippen LogP contribution >= 0.6 is 46.8 Å². The SMILES string of the molecule is Clc1cccc(OCc2c(-c3c(Cl)cccc3Cl)noc2C2CC2)c1.NSc1cccc(C2CC(O)C2)c1. The zero-order chi connectivity index (χ0) is 26.6. The Kier molecular flexibility index (Phi) is 8.88. The van der Waals surface area contributed by atoms with Crippen LogP contribution in [0.15, 0.2) is 76.1 Å². The van der Waals surface area contributed by atoms with Crippen LogP contribution in [-0.2, 0) is 6.61 Å². The standard InChI is InChI=1S/C19H14Cl3NO2.C10H13NOS/c20-12-3-1-4-13(9-12)24-10-14-18(23-25-19(14)11-7-8-11)17-15(21)5-2-6-16(17)22;11-13-10-3-1-2-7(6-10)8-4-9(12)5-8/h1-6,9,11H,7-8,10H2;1-3,6,8-9,12H,4-5,11H2. The van der Waals surface area contributed by atoms with Gasteiger partial charge in [0.25, 0.3) is 0 Å². The Hall–Kier alpha value is -2.19. The summed E-state index contributed by atoms with van der Waals surface area (Å²) in [6.07, 6.45) is 3.90. The van der Waals surface area contributed by atoms with Crippen LogP contribution in [-0.4, -0.2) is 16.4 Å². The van der Waals surface area contributed by atoms with Gasteiger partial charge in [-0.3, -0.25) is 5.14 Å². The topological polar surface area (TPSA) is 81.5 Å². The van der Waals surface area contributed by atoms with Crippen molar-refractivity contribution in [2.75, 3.05) is 0 Å². The Balaban J connectivity index is 0.000000190. The average Bonchev–Trinajstić information content (AvgIpc) is 3.66. The van der Waals surface area contributed by atoms with Crippen molar-refractivity contribution in [3.8, 4) is 17.0 Å². The third-order valence-corrected chi connectivity index (χ3v) is 8.12. The molecule has 1 heterocycles. The highest BCUT2D eigenvalue weighted by molar-refractivity contribution is 7.97. The van der Waals surface area contributed by atoms with E-state index in [1.807, 2.05) is 24.3 Å². The first-order valence-corrected chi connectivity index (χ1v) is 14.4. The molecular formula is C29H27Cl3N2O3S. The second kappa shape index (κ2) is 12.3. The molecular weight excluding hydrogens is 563 g/mol. The number of halogens is 3. The van der Waals surface area contributed by atoms with Crippen LogP contribution in [0.3, 0.4) is 0 Å². The van der Waals surface area contributed by atoms with E-state index in [4.69, 9.17) is 49.2 Å². The minimum absolute atomic E-state index is 0.0841. The number of aliphatic hydroxyl groups excluding tert-OH is 1. The molecule has 2 fully saturated rings. The molecule has 9 heteroatoms. The van der Waals surface area contributed by atoms with Crippen molar-refractivity contribution >= 4 is 46.8 Å². The molecule has 3 N–H and O–H groups in total. The summed E-state index contributed by atoms with van der Waals surface area (Å²) in [6, 6.07) is 20.9. The first kappa shape index (κ1) is 27.4. The molecule has 0 bridgehead atoms. The van der Waals surface area contributed by atoms with Gasteiger partial charge in [0.05, 0.1) is 21.7 Å². The number of aliphatic hydroxyl groups is 1. The Morgan fingerprint density at radius 2 is 1.66 bits per heavy atom. The lowest BCUT2D eigenvalue weighted by Crippen LogP contribution is -2.26. The highest BCUT2D eigenvalue weighted by atomic mass is 35.5. The van der Waals surface area contributed by atoms with Crippen LogP contribution < -0.4 is 9.88 Å². The molecule has 6 rings (SSSR count). The summed E-state index contributed by atoms with van der Waals surface area (Å²) in [6.45, 7) is 0.312. The lowest BCUT2D eigenvalue weighted by molar-refractivity contribution is 0.0746. The summed E-state index contributed by atoms with van der Waals surface area (Å²) < 4.78 is 11.5. The maximum absolute atomic E-state index is 9.18. The summed E-state index contributed by atoms with van der Waals surface area (Å²) in [5.74, 6) is 2.47. The fourth-order valence-electron chi connectivity index (χ4n) is 4.46. The number of hydrogen-bond acceptors (Lipinski definition) is 6. The van der Waals surface area contributed by atoms with Crippen LogP contribution in [0.4, 0.5) is 0 Å². The van der Waals surface area contributed by atoms with Gasteiger partial charge in [0.2, 0.25) is 0 Å². The smallest absolute Gasteiger partial charge is 0.147 e. The van der Waals surface area contributed by atoms with Gasteiger partial charge in [0, 0.05) is 21.4 Å². The largest absolute Gasteiger partial charge is 0.489 e. The second-order valence-electron chi connectivity index (χ2n) is 9.50. The summed E-state index contributed by atoms with van der Waals surface area (Å²) in [7, 11) is 0. The van der Waals surface area contributed by atoms with E-state index in [2.05, 4.69) is 17.3 Å². The maximum Gasteiger partial charge on any atom is 0.147 e. The van der Waals surface area contributed by atoms with E-state index in [-0.39, 0.29) is 6.10 Å². The van der Waals surface area contributed by atoms with E-state index in [9.17, 15) is 5.11 Å². The van der Waals surface area contributed by atoms with Crippen LogP contribution in [0, 0.1) is 0 Å². The number of nitrogens with two attached hydrogens (primary N) is 1. The summed E-state index contributed by atoms with van der Waals surface area (Å²) >= 11 is 20.0. The number of benzene rings is 3. The normalized spacial score (nSPS) is 18.3. The number of nitrogens with zero attached hydrogens (tertiary/aromatic N) is 1. The molecule has 38 heavy (non-hydrogen) atoms. The van der Waals surface area contributed by atoms with E-state index in [1.54, 1.807) is 30.3 Å². The van der Waals surface area contributed by atoms with Crippen LogP contribution in [0.1, 0.15) is 54.4 Å². The molecule has 0 atom stereocenters. The van der Waals surface area contributed by atoms with Crippen LogP contribution in [0.25, 0.3) is 11.3 Å². The van der Waals surface area contributed by atoms with Crippen molar-refractivity contribution in [1.82, 2.24) is 5.16 Å². The van der Waals surface area contributed by atoms with Crippen molar-refractivity contribution < 1.29 is 14.4 Å². The number of aromatic nitrogens is 1. The predicted octanol–water partition coefficient (Wildman–Crippen LogP) is 8.65. The average molecular weight is 590 g/mol. The molecule has 4 aromatic rings. The molecule has 3 aromatic carbocycles. The Labute approximate surface area is 241 Å². The molecule has 0 radical (unpaired) electrons. The molecule has 0 spiro atoms. The maximum atomic E-state index is 9.18. The van der Waals surface area contributed by atoms with Gasteiger partial charge in [-0.15, -0.1) is 0 Å². The minimum Gasteiger partial charge on any atom is -0.489 e. The third-order valence-electron chi connectivity index (χ3n) is 6.72. The number of hydrogen-bond donors (Lipinski definition) is 2. The van der Waals surface area contributed by atoms with Crippen molar-refractivity contribution in [3.63, 3.8) is 0 Å². The lowest BCUT2D eigenvalue weighted by atomic mass is 9.78. The molecule has 0 aliphatic heterocycles. The second-order valence-corrected chi connectivity index (χ2v) is 11.5. The molecule has 2 aliphatic rings. The van der Waals surface area contributed by atoms with E-state index >= 15 is 0 Å². The minimum atomic E-state index is -0.0841. The molecule has 1 aromatic heterocycles. The fourth-order valence-corrected chi connectivity index (χ4v) is 5.58. The quantitative estimate of drug-likeness (QED) is 0.210. The number of ether oxygens (including phenoxy) is 1. The van der Waals surface area contributed by atoms with E-state index in [0.29, 0.717) is 50.5 Å². The molecule has 2 aliphatic carbocycles. The van der Waals surface area contributed by atoms with Crippen molar-refractivity contribution in [2.24, 2.45) is 5.14 Å². The van der Waals surface area contributed by atoms with E-state index < -0.39 is 0 Å².